The third-order valence-corrected chi connectivity index (χ3v) is 19.6. The summed E-state index contributed by atoms with van der Waals surface area (Å²) in [7, 11) is 1.75. The molecule has 1 saturated carbocycles. The molecule has 0 radical (unpaired) electrons. The summed E-state index contributed by atoms with van der Waals surface area (Å²) in [5, 5.41) is 14.6. The number of carbonyl (C=O) groups excluding carboxylic acids is 3. The molecule has 7 fully saturated rings. The Kier molecular flexibility index (Phi) is 13.6. The highest BCUT2D eigenvalue weighted by molar-refractivity contribution is 6.02. The van der Waals surface area contributed by atoms with Gasteiger partial charge >= 0.3 is 17.8 Å². The lowest BCUT2D eigenvalue weighted by molar-refractivity contribution is -0.135. The minimum absolute atomic E-state index is 0.0146. The van der Waals surface area contributed by atoms with Gasteiger partial charge in [-0.1, -0.05) is 19.1 Å². The van der Waals surface area contributed by atoms with E-state index in [9.17, 15) is 24.3 Å². The smallest absolute Gasteiger partial charge is 0.409 e. The van der Waals surface area contributed by atoms with E-state index < -0.39 is 23.6 Å². The van der Waals surface area contributed by atoms with Crippen LogP contribution in [0.3, 0.4) is 0 Å². The Hall–Kier alpha value is -6.77. The van der Waals surface area contributed by atoms with Crippen LogP contribution in [0.1, 0.15) is 120 Å². The number of likely N-dealkylation sites (tertiary alicyclic amines) is 2. The molecule has 0 bridgehead atoms. The molecular formula is C60H71F2N11O7. The van der Waals surface area contributed by atoms with Crippen molar-refractivity contribution in [2.45, 2.75) is 139 Å². The number of aryl methyl sites for hydroxylation is 2. The van der Waals surface area contributed by atoms with Crippen molar-refractivity contribution in [3.05, 3.63) is 81.9 Å². The van der Waals surface area contributed by atoms with E-state index in [4.69, 9.17) is 25.2 Å². The first-order chi connectivity index (χ1) is 38.7. The van der Waals surface area contributed by atoms with Crippen LogP contribution in [0.5, 0.6) is 11.8 Å². The second-order valence-corrected chi connectivity index (χ2v) is 24.2. The molecule has 13 rings (SSSR count). The highest BCUT2D eigenvalue weighted by Gasteiger charge is 2.52. The number of aromatic nitrogens is 5. The first-order valence-electron chi connectivity index (χ1n) is 29.1. The number of nitrogens with zero attached hydrogens (tertiary/aromatic N) is 9. The molecule has 3 aromatic carbocycles. The van der Waals surface area contributed by atoms with Gasteiger partial charge in [0.15, 0.2) is 5.82 Å². The van der Waals surface area contributed by atoms with Gasteiger partial charge in [-0.05, 0) is 173 Å². The molecule has 9 heterocycles. The summed E-state index contributed by atoms with van der Waals surface area (Å²) >= 11 is 0. The molecule has 7 aliphatic rings. The molecule has 6 aliphatic heterocycles. The second-order valence-electron chi connectivity index (χ2n) is 24.2. The molecule has 1 spiro atoms. The van der Waals surface area contributed by atoms with Crippen LogP contribution >= 0.6 is 0 Å². The van der Waals surface area contributed by atoms with Gasteiger partial charge in [-0.3, -0.25) is 33.9 Å². The average Bonchev–Trinajstić information content (AvgIpc) is 4.14. The fourth-order valence-electron chi connectivity index (χ4n) is 15.2. The average molecular weight is 1100 g/mol. The molecule has 4 N–H and O–H groups in total. The van der Waals surface area contributed by atoms with Crippen LogP contribution < -0.4 is 26.4 Å². The van der Waals surface area contributed by atoms with Crippen molar-refractivity contribution < 1.29 is 37.7 Å². The summed E-state index contributed by atoms with van der Waals surface area (Å²) in [5.41, 5.74) is 9.48. The van der Waals surface area contributed by atoms with Crippen LogP contribution in [-0.4, -0.2) is 144 Å². The van der Waals surface area contributed by atoms with Gasteiger partial charge in [0.05, 0.1) is 22.0 Å². The number of rotatable bonds is 11. The monoisotopic (exact) mass is 1100 g/mol. The quantitative estimate of drug-likeness (QED) is 0.107. The molecular weight excluding hydrogens is 1020 g/mol. The van der Waals surface area contributed by atoms with E-state index in [0.717, 1.165) is 102 Å². The van der Waals surface area contributed by atoms with Crippen LogP contribution in [0, 0.1) is 17.0 Å². The molecule has 20 heteroatoms. The predicted molar refractivity (Wildman–Crippen MR) is 298 cm³/mol. The molecule has 18 nitrogen and oxygen atoms in total. The van der Waals surface area contributed by atoms with Crippen LogP contribution in [0.4, 0.5) is 19.4 Å². The summed E-state index contributed by atoms with van der Waals surface area (Å²) < 4.78 is 48.3. The SMILES string of the molecule is CCc1c(F)ccc2cc(O)cc(-c3ncc4c(N5CCC[C@@H](N)C5)nc(OC[C@@]56CCCN5[C@H](COC(=O)N5CCC7(CC5)CC(N5CCC(c8ccc9c(c8)n(C)c(=O)n9C8CCC(=O)NC8=O)CC5)C7)CC6)nc4c3F)c12. The number of ether oxygens (including phenoxy) is 2. The molecule has 3 aromatic heterocycles. The van der Waals surface area contributed by atoms with E-state index in [1.165, 1.54) is 17.7 Å². The van der Waals surface area contributed by atoms with Crippen molar-refractivity contribution in [2.75, 3.05) is 63.9 Å². The van der Waals surface area contributed by atoms with Crippen molar-refractivity contribution in [3.63, 3.8) is 0 Å². The molecule has 80 heavy (non-hydrogen) atoms. The number of nitrogens with two attached hydrogens (primary N) is 1. The van der Waals surface area contributed by atoms with E-state index in [1.807, 2.05) is 22.8 Å². The number of imidazole rings is 1. The summed E-state index contributed by atoms with van der Waals surface area (Å²) in [6.45, 7) is 7.83. The van der Waals surface area contributed by atoms with Crippen LogP contribution in [-0.2, 0) is 27.8 Å². The maximum Gasteiger partial charge on any atom is 0.409 e. The molecule has 1 aliphatic carbocycles. The Morgan fingerprint density at radius 2 is 1.71 bits per heavy atom. The van der Waals surface area contributed by atoms with E-state index in [-0.39, 0.29) is 82.3 Å². The maximum absolute atomic E-state index is 17.2. The normalized spacial score (nSPS) is 25.0. The topological polar surface area (TPSA) is 207 Å². The minimum Gasteiger partial charge on any atom is -0.508 e. The van der Waals surface area contributed by atoms with E-state index in [2.05, 4.69) is 32.2 Å². The number of carbonyl (C=O) groups is 3. The number of imide groups is 1. The molecule has 4 atom stereocenters. The van der Waals surface area contributed by atoms with Gasteiger partial charge in [-0.2, -0.15) is 9.97 Å². The van der Waals surface area contributed by atoms with E-state index >= 15 is 8.78 Å². The van der Waals surface area contributed by atoms with Crippen LogP contribution in [0.25, 0.3) is 44.0 Å². The van der Waals surface area contributed by atoms with Gasteiger partial charge in [0, 0.05) is 69.5 Å². The number of hydrogen-bond donors (Lipinski definition) is 3. The number of pyridine rings is 1. The van der Waals surface area contributed by atoms with Gasteiger partial charge in [-0.25, -0.2) is 18.4 Å². The standard InChI is InChI=1S/C60H71F2N11O7/c1-3-42-45(61)9-7-37-26-41(74)28-43(50(37)42)52-51(62)53-44(31-64-52)54(71-20-4-6-38(63)32-71)67-56(66-53)80-34-60-16-5-21-72(60)39(13-17-60)33-79-58(78)70-24-18-59(19-25-70)29-40(30-59)69-22-14-35(15-23-69)36-8-10-46-48(27-36)68(2)57(77)73(46)47-11-12-49(75)65-55(47)76/h7-10,26-28,31,35,38-40,47,74H,3-6,11-25,29-30,32-34,63H2,1-2H3,(H,65,75,76)/t38-,39+,47?,60+/m1/s1. The number of fused-ring (bicyclic) bond motifs is 4. The number of halogens is 2. The van der Waals surface area contributed by atoms with Gasteiger partial charge in [-0.15, -0.1) is 0 Å². The zero-order valence-corrected chi connectivity index (χ0v) is 45.7. The van der Waals surface area contributed by atoms with Crippen molar-refractivity contribution in [1.29, 1.82) is 0 Å². The molecule has 1 unspecified atom stereocenters. The number of phenols is 1. The first kappa shape index (κ1) is 52.6. The highest BCUT2D eigenvalue weighted by atomic mass is 19.1. The molecule has 3 amide bonds. The number of phenolic OH excluding ortho intramolecular Hbond substituents is 1. The lowest BCUT2D eigenvalue weighted by Crippen LogP contribution is -2.56. The van der Waals surface area contributed by atoms with Gasteiger partial charge in [0.2, 0.25) is 11.8 Å². The fourth-order valence-corrected chi connectivity index (χ4v) is 15.2. The maximum atomic E-state index is 17.2. The minimum atomic E-state index is -0.723. The van der Waals surface area contributed by atoms with E-state index in [1.54, 1.807) is 34.5 Å². The first-order valence-corrected chi connectivity index (χ1v) is 29.1. The molecule has 422 valence electrons. The zero-order chi connectivity index (χ0) is 55.2. The molecule has 6 aromatic rings. The number of aromatic hydroxyl groups is 1. The van der Waals surface area contributed by atoms with Crippen LogP contribution in [0.15, 0.2) is 53.5 Å². The molecule has 6 saturated heterocycles. The fraction of sp³-hybridized carbons (Fsp3) is 0.550. The number of anilines is 1. The summed E-state index contributed by atoms with van der Waals surface area (Å²) in [4.78, 5) is 74.8. The van der Waals surface area contributed by atoms with Gasteiger partial charge < -0.3 is 35.0 Å². The van der Waals surface area contributed by atoms with Crippen molar-refractivity contribution in [1.82, 2.24) is 44.1 Å². The zero-order valence-electron chi connectivity index (χ0n) is 45.7. The van der Waals surface area contributed by atoms with E-state index in [0.29, 0.717) is 90.6 Å². The number of benzene rings is 3. The third kappa shape index (κ3) is 9.22. The number of nitrogens with one attached hydrogen (secondary N) is 1. The summed E-state index contributed by atoms with van der Waals surface area (Å²) in [6, 6.07) is 11.9. The number of hydrogen-bond acceptors (Lipinski definition) is 14. The lowest BCUT2D eigenvalue weighted by Gasteiger charge is -2.56. The van der Waals surface area contributed by atoms with Crippen molar-refractivity contribution >= 4 is 56.4 Å². The Morgan fingerprint density at radius 1 is 0.900 bits per heavy atom. The number of amides is 3. The number of piperidine rings is 4. The Bertz CT molecular complexity index is 3510. The highest BCUT2D eigenvalue weighted by Crippen LogP contribution is 2.52. The Morgan fingerprint density at radius 3 is 2.49 bits per heavy atom. The van der Waals surface area contributed by atoms with Gasteiger partial charge in [0.25, 0.3) is 0 Å². The third-order valence-electron chi connectivity index (χ3n) is 19.6. The Balaban J connectivity index is 0.619. The predicted octanol–water partition coefficient (Wildman–Crippen LogP) is 7.59. The Labute approximate surface area is 462 Å². The largest absolute Gasteiger partial charge is 0.508 e. The summed E-state index contributed by atoms with van der Waals surface area (Å²) in [5.74, 6) is -1.10. The van der Waals surface area contributed by atoms with Crippen molar-refractivity contribution in [3.8, 4) is 23.0 Å². The lowest BCUT2D eigenvalue weighted by atomic mass is 9.59. The summed E-state index contributed by atoms with van der Waals surface area (Å²) in [6.07, 6.45) is 13.7. The van der Waals surface area contributed by atoms with Crippen molar-refractivity contribution in [2.24, 2.45) is 18.2 Å². The van der Waals surface area contributed by atoms with Crippen LogP contribution in [0.2, 0.25) is 0 Å². The van der Waals surface area contributed by atoms with Gasteiger partial charge in [0.1, 0.15) is 47.9 Å². The second kappa shape index (κ2) is 20.6.